The number of hydrogen-bond donors (Lipinski definition) is 0. The third-order valence-electron chi connectivity index (χ3n) is 19.2. The molecule has 6 aromatic heterocycles. The SMILES string of the molecule is [2H]C(C)(C)c1ccc2cc3c(cc2c1)oc1c[n+](C)c(-c2ccccc2C)cc13.[2H]C([2H])([2H])c1ccc(-c2cc3c(c[n+]2C)oc2cc4cc(C([2H])(C)C)ccc4cc23)c(C)c1.[2H]C1(c2ccc3cc4c(cc3c2)oc2c[n+](C)c(-c3ccccc3C)cc24)CCC(C)(C)CC1. The van der Waals surface area contributed by atoms with Gasteiger partial charge in [0.15, 0.2) is 16.7 Å². The molecule has 0 N–H and O–H groups in total. The summed E-state index contributed by atoms with van der Waals surface area (Å²) in [7, 11) is 6.11. The summed E-state index contributed by atoms with van der Waals surface area (Å²) in [6.45, 7) is 16.4. The van der Waals surface area contributed by atoms with E-state index in [-0.39, 0.29) is 0 Å². The van der Waals surface area contributed by atoms with E-state index in [0.717, 1.165) is 147 Å². The lowest BCUT2D eigenvalue weighted by Gasteiger charge is -2.34. The summed E-state index contributed by atoms with van der Waals surface area (Å²) in [5.74, 6) is -1.76. The summed E-state index contributed by atoms with van der Waals surface area (Å²) in [5.41, 5.74) is 19.2. The predicted octanol–water partition coefficient (Wildman–Crippen LogP) is 21.9. The molecule has 1 fully saturated rings. The molecule has 6 heterocycles. The Hall–Kier alpha value is -9.39. The van der Waals surface area contributed by atoms with Gasteiger partial charge in [-0.25, -0.2) is 0 Å². The molecule has 0 spiro atoms. The summed E-state index contributed by atoms with van der Waals surface area (Å²) >= 11 is 0. The predicted molar refractivity (Wildman–Crippen MR) is 376 cm³/mol. The van der Waals surface area contributed by atoms with Crippen LogP contribution in [0.4, 0.5) is 0 Å². The number of nitrogens with zero attached hydrogens (tertiary/aromatic N) is 3. The fourth-order valence-corrected chi connectivity index (χ4v) is 13.7. The first kappa shape index (κ1) is 51.5. The van der Waals surface area contributed by atoms with Gasteiger partial charge in [-0.3, -0.25) is 0 Å². The number of fused-ring (bicyclic) bond motifs is 12. The quantitative estimate of drug-likeness (QED) is 0.156. The Kier molecular flexibility index (Phi) is 13.1. The molecule has 90 heavy (non-hydrogen) atoms. The minimum absolute atomic E-state index is 0.350. The van der Waals surface area contributed by atoms with Gasteiger partial charge >= 0.3 is 0 Å². The van der Waals surface area contributed by atoms with Crippen molar-refractivity contribution in [2.45, 2.75) is 113 Å². The molecule has 15 aromatic rings. The van der Waals surface area contributed by atoms with E-state index in [1.54, 1.807) is 12.1 Å². The first-order valence-electron chi connectivity index (χ1n) is 34.6. The van der Waals surface area contributed by atoms with Crippen molar-refractivity contribution in [3.8, 4) is 33.8 Å². The molecule has 16 rings (SSSR count). The Morgan fingerprint density at radius 2 is 0.811 bits per heavy atom. The maximum Gasteiger partial charge on any atom is 0.213 e. The van der Waals surface area contributed by atoms with E-state index in [1.165, 1.54) is 44.4 Å². The van der Waals surface area contributed by atoms with E-state index in [1.807, 2.05) is 64.6 Å². The maximum absolute atomic E-state index is 9.18. The van der Waals surface area contributed by atoms with Gasteiger partial charge < -0.3 is 13.3 Å². The molecule has 1 aliphatic rings. The van der Waals surface area contributed by atoms with Crippen LogP contribution >= 0.6 is 0 Å². The second-order valence-corrected chi connectivity index (χ2v) is 26.6. The van der Waals surface area contributed by atoms with Gasteiger partial charge in [-0.15, -0.1) is 0 Å². The highest BCUT2D eigenvalue weighted by Gasteiger charge is 2.28. The zero-order chi connectivity index (χ0) is 67.7. The average molecular weight is 1190 g/mol. The lowest BCUT2D eigenvalue weighted by molar-refractivity contribution is -0.659. The number of rotatable bonds is 6. The first-order chi connectivity index (χ1) is 45.4. The van der Waals surface area contributed by atoms with Crippen LogP contribution in [-0.4, -0.2) is 0 Å². The number of furan rings is 3. The second kappa shape index (κ2) is 22.9. The van der Waals surface area contributed by atoms with Crippen LogP contribution in [0.25, 0.3) is 132 Å². The van der Waals surface area contributed by atoms with E-state index in [4.69, 9.17) is 20.1 Å². The molecule has 0 unspecified atom stereocenters. The van der Waals surface area contributed by atoms with Gasteiger partial charge in [-0.2, -0.15) is 13.7 Å². The van der Waals surface area contributed by atoms with Crippen LogP contribution in [0.3, 0.4) is 0 Å². The second-order valence-electron chi connectivity index (χ2n) is 26.6. The summed E-state index contributed by atoms with van der Waals surface area (Å²) in [6, 6.07) is 60.9. The molecule has 6 nitrogen and oxygen atoms in total. The zero-order valence-corrected chi connectivity index (χ0v) is 53.9. The van der Waals surface area contributed by atoms with Crippen molar-refractivity contribution in [3.05, 3.63) is 233 Å². The van der Waals surface area contributed by atoms with E-state index < -0.39 is 24.5 Å². The summed E-state index contributed by atoms with van der Waals surface area (Å²) in [6.07, 6.45) is 10.2. The van der Waals surface area contributed by atoms with E-state index in [9.17, 15) is 1.37 Å². The molecule has 0 bridgehead atoms. The van der Waals surface area contributed by atoms with Gasteiger partial charge in [0.1, 0.15) is 37.9 Å². The van der Waals surface area contributed by atoms with Crippen molar-refractivity contribution in [3.63, 3.8) is 0 Å². The van der Waals surface area contributed by atoms with Crippen LogP contribution < -0.4 is 13.7 Å². The van der Waals surface area contributed by atoms with Crippen molar-refractivity contribution < 1.29 is 35.2 Å². The number of benzene rings is 9. The molecule has 0 amide bonds. The third-order valence-corrected chi connectivity index (χ3v) is 19.2. The van der Waals surface area contributed by atoms with Gasteiger partial charge in [0.2, 0.25) is 35.7 Å². The Labute approximate surface area is 537 Å². The molecular weight excluding hydrogens is 1100 g/mol. The molecule has 1 aliphatic carbocycles. The van der Waals surface area contributed by atoms with Crippen LogP contribution in [0.2, 0.25) is 0 Å². The van der Waals surface area contributed by atoms with Crippen molar-refractivity contribution >= 4 is 98.1 Å². The zero-order valence-electron chi connectivity index (χ0n) is 59.9. The van der Waals surface area contributed by atoms with Crippen molar-refractivity contribution in [1.82, 2.24) is 0 Å². The summed E-state index contributed by atoms with van der Waals surface area (Å²) in [4.78, 5) is 0. The topological polar surface area (TPSA) is 51.1 Å². The lowest BCUT2D eigenvalue weighted by atomic mass is 9.71. The van der Waals surface area contributed by atoms with Gasteiger partial charge in [-0.1, -0.05) is 150 Å². The van der Waals surface area contributed by atoms with Crippen LogP contribution in [0.5, 0.6) is 0 Å². The third kappa shape index (κ3) is 10.9. The normalized spacial score (nSPS) is 15.4. The highest BCUT2D eigenvalue weighted by atomic mass is 16.3. The molecule has 0 atom stereocenters. The van der Waals surface area contributed by atoms with Crippen LogP contribution in [0, 0.1) is 33.0 Å². The summed E-state index contributed by atoms with van der Waals surface area (Å²) in [5, 5.41) is 13.4. The molecule has 6 heteroatoms. The summed E-state index contributed by atoms with van der Waals surface area (Å²) < 4.78 is 73.9. The minimum atomic E-state index is -2.12. The van der Waals surface area contributed by atoms with Crippen molar-refractivity contribution in [2.24, 2.45) is 26.6 Å². The fraction of sp³-hybridized carbons (Fsp3) is 0.250. The van der Waals surface area contributed by atoms with E-state index in [0.29, 0.717) is 11.0 Å². The van der Waals surface area contributed by atoms with Crippen LogP contribution in [0.15, 0.2) is 208 Å². The van der Waals surface area contributed by atoms with Crippen molar-refractivity contribution in [2.75, 3.05) is 0 Å². The number of hydrogen-bond acceptors (Lipinski definition) is 3. The highest BCUT2D eigenvalue weighted by molar-refractivity contribution is 6.13. The van der Waals surface area contributed by atoms with Gasteiger partial charge in [0, 0.05) is 75.4 Å². The van der Waals surface area contributed by atoms with Crippen LogP contribution in [0.1, 0.15) is 132 Å². The standard InChI is InChI=1S/C31H32NO.C27H26NO.C26H24NO/c1-20-7-5-6-8-25(20)28-18-27-26-16-23-10-9-22(21-11-13-31(2,3)14-12-21)15-24(23)17-29(26)33-30(27)19-32(28)4;1-16(2)19-7-8-20-12-23-24-14-25(22-9-6-17(3)10-18(22)4)28(5)15-27(24)29-26(23)13-21(20)11-19;1-16(2)18-9-10-19-12-22-23-14-24(21-8-6-5-7-17(21)3)27(4)15-26(23)28-25(22)13-20(19)11-18/h5-10,15-19,21H,11-14H2,1-4H3;6-16H,1-5H3;5-16H,1-4H3/q3*+1/i21D;3D3,16D;16D. The molecule has 9 aromatic carbocycles. The first-order valence-corrected chi connectivity index (χ1v) is 31.6. The monoisotopic (exact) mass is 1190 g/mol. The molecule has 448 valence electrons. The number of pyridine rings is 3. The van der Waals surface area contributed by atoms with Crippen molar-refractivity contribution in [1.29, 1.82) is 0 Å². The smallest absolute Gasteiger partial charge is 0.213 e. The number of aromatic nitrogens is 3. The molecule has 0 aliphatic heterocycles. The Balaban J connectivity index is 0.000000124. The Morgan fingerprint density at radius 3 is 1.21 bits per heavy atom. The highest BCUT2D eigenvalue weighted by Crippen LogP contribution is 2.44. The fourth-order valence-electron chi connectivity index (χ4n) is 13.7. The van der Waals surface area contributed by atoms with E-state index >= 15 is 0 Å². The lowest BCUT2D eigenvalue weighted by Crippen LogP contribution is -2.30. The Bertz CT molecular complexity index is 5630. The Morgan fingerprint density at radius 1 is 0.422 bits per heavy atom. The van der Waals surface area contributed by atoms with E-state index in [2.05, 4.69) is 215 Å². The molecule has 0 radical (unpaired) electrons. The molecule has 1 saturated carbocycles. The minimum Gasteiger partial charge on any atom is -0.450 e. The maximum atomic E-state index is 9.18. The van der Waals surface area contributed by atoms with Gasteiger partial charge in [-0.05, 0) is 197 Å². The molecular formula is C84H82N3O3+3. The number of aryl methyl sites for hydroxylation is 7. The largest absolute Gasteiger partial charge is 0.450 e. The van der Waals surface area contributed by atoms with Gasteiger partial charge in [0.05, 0.1) is 0 Å². The van der Waals surface area contributed by atoms with Gasteiger partial charge in [0.25, 0.3) is 0 Å². The average Bonchev–Trinajstić information content (AvgIpc) is 1.60. The molecule has 0 saturated heterocycles. The van der Waals surface area contributed by atoms with Crippen LogP contribution in [-0.2, 0) is 21.1 Å².